The van der Waals surface area contributed by atoms with Crippen LogP contribution in [0.2, 0.25) is 0 Å². The molecule has 1 heterocycles. The number of likely N-dealkylation sites (tertiary alicyclic amines) is 1. The van der Waals surface area contributed by atoms with Gasteiger partial charge in [-0.15, -0.1) is 0 Å². The Morgan fingerprint density at radius 3 is 2.43 bits per heavy atom. The molecule has 7 heteroatoms. The SMILES string of the molecule is COC(=O)CCN1C(=O)C(c2ccccc2)C1C(F)(F)F. The number of ether oxygens (including phenoxy) is 1. The van der Waals surface area contributed by atoms with Crippen molar-refractivity contribution in [2.75, 3.05) is 13.7 Å². The first-order chi connectivity index (χ1) is 9.86. The fraction of sp³-hybridized carbons (Fsp3) is 0.429. The zero-order valence-corrected chi connectivity index (χ0v) is 11.3. The van der Waals surface area contributed by atoms with Crippen molar-refractivity contribution in [3.63, 3.8) is 0 Å². The van der Waals surface area contributed by atoms with Gasteiger partial charge in [-0.05, 0) is 5.56 Å². The number of rotatable bonds is 4. The van der Waals surface area contributed by atoms with Gasteiger partial charge in [0.05, 0.1) is 19.4 Å². The fourth-order valence-electron chi connectivity index (χ4n) is 2.46. The van der Waals surface area contributed by atoms with Crippen molar-refractivity contribution >= 4 is 11.9 Å². The van der Waals surface area contributed by atoms with E-state index >= 15 is 0 Å². The van der Waals surface area contributed by atoms with Crippen LogP contribution < -0.4 is 0 Å². The first-order valence-corrected chi connectivity index (χ1v) is 6.35. The monoisotopic (exact) mass is 301 g/mol. The molecule has 1 amide bonds. The molecular formula is C14H14F3NO3. The van der Waals surface area contributed by atoms with E-state index in [1.807, 2.05) is 0 Å². The minimum absolute atomic E-state index is 0.254. The second-order valence-electron chi connectivity index (χ2n) is 4.73. The summed E-state index contributed by atoms with van der Waals surface area (Å²) in [5.41, 5.74) is 0.333. The van der Waals surface area contributed by atoms with Crippen LogP contribution in [-0.2, 0) is 14.3 Å². The molecule has 0 radical (unpaired) electrons. The molecule has 1 aromatic rings. The largest absolute Gasteiger partial charge is 0.469 e. The molecule has 0 bridgehead atoms. The molecule has 0 spiro atoms. The number of alkyl halides is 3. The summed E-state index contributed by atoms with van der Waals surface area (Å²) in [5.74, 6) is -2.50. The Bertz CT molecular complexity index is 530. The first-order valence-electron chi connectivity index (χ1n) is 6.35. The molecule has 1 fully saturated rings. The first kappa shape index (κ1) is 15.3. The van der Waals surface area contributed by atoms with Crippen molar-refractivity contribution in [3.8, 4) is 0 Å². The Morgan fingerprint density at radius 1 is 1.29 bits per heavy atom. The van der Waals surface area contributed by atoms with Gasteiger partial charge in [-0.2, -0.15) is 13.2 Å². The van der Waals surface area contributed by atoms with Crippen molar-refractivity contribution in [3.05, 3.63) is 35.9 Å². The van der Waals surface area contributed by atoms with Crippen LogP contribution in [0, 0.1) is 0 Å². The predicted octanol–water partition coefficient (Wildman–Crippen LogP) is 2.11. The number of methoxy groups -OCH3 is 1. The fourth-order valence-corrected chi connectivity index (χ4v) is 2.46. The van der Waals surface area contributed by atoms with Crippen LogP contribution in [0.3, 0.4) is 0 Å². The summed E-state index contributed by atoms with van der Waals surface area (Å²) in [5, 5.41) is 0. The summed E-state index contributed by atoms with van der Waals surface area (Å²) >= 11 is 0. The number of halogens is 3. The molecule has 2 unspecified atom stereocenters. The lowest BCUT2D eigenvalue weighted by Crippen LogP contribution is -2.65. The highest BCUT2D eigenvalue weighted by atomic mass is 19.4. The van der Waals surface area contributed by atoms with E-state index in [0.717, 1.165) is 7.11 Å². The molecule has 1 aliphatic heterocycles. The van der Waals surface area contributed by atoms with Gasteiger partial charge >= 0.3 is 12.1 Å². The Balaban J connectivity index is 2.17. The van der Waals surface area contributed by atoms with Gasteiger partial charge in [0.2, 0.25) is 5.91 Å². The number of esters is 1. The van der Waals surface area contributed by atoms with Crippen LogP contribution in [0.1, 0.15) is 17.9 Å². The van der Waals surface area contributed by atoms with E-state index in [4.69, 9.17) is 0 Å². The second kappa shape index (κ2) is 5.75. The average molecular weight is 301 g/mol. The molecule has 0 saturated carbocycles. The molecule has 21 heavy (non-hydrogen) atoms. The van der Waals surface area contributed by atoms with Crippen LogP contribution in [0.4, 0.5) is 13.2 Å². The Labute approximate surface area is 119 Å². The molecule has 0 aliphatic carbocycles. The maximum absolute atomic E-state index is 13.2. The Kier molecular flexibility index (Phi) is 4.20. The van der Waals surface area contributed by atoms with Crippen LogP contribution in [0.5, 0.6) is 0 Å². The van der Waals surface area contributed by atoms with Crippen molar-refractivity contribution in [2.24, 2.45) is 0 Å². The van der Waals surface area contributed by atoms with Gasteiger partial charge in [0.25, 0.3) is 0 Å². The van der Waals surface area contributed by atoms with Crippen molar-refractivity contribution in [1.82, 2.24) is 4.90 Å². The molecule has 0 aromatic heterocycles. The van der Waals surface area contributed by atoms with Gasteiger partial charge in [0.1, 0.15) is 6.04 Å². The lowest BCUT2D eigenvalue weighted by Gasteiger charge is -2.47. The molecule has 2 atom stereocenters. The van der Waals surface area contributed by atoms with Crippen molar-refractivity contribution < 1.29 is 27.5 Å². The summed E-state index contributed by atoms with van der Waals surface area (Å²) in [4.78, 5) is 23.7. The molecule has 4 nitrogen and oxygen atoms in total. The standard InChI is InChI=1S/C14H14F3NO3/c1-21-10(19)7-8-18-12(14(15,16)17)11(13(18)20)9-5-3-2-4-6-9/h2-6,11-12H,7-8H2,1H3. The van der Waals surface area contributed by atoms with E-state index in [2.05, 4.69) is 4.74 Å². The minimum atomic E-state index is -4.54. The number of hydrogen-bond donors (Lipinski definition) is 0. The van der Waals surface area contributed by atoms with Crippen molar-refractivity contribution in [2.45, 2.75) is 24.6 Å². The molecule has 2 rings (SSSR count). The van der Waals surface area contributed by atoms with Crippen molar-refractivity contribution in [1.29, 1.82) is 0 Å². The summed E-state index contributed by atoms with van der Waals surface area (Å²) in [6.07, 6.45) is -4.79. The summed E-state index contributed by atoms with van der Waals surface area (Å²) in [7, 11) is 1.15. The van der Waals surface area contributed by atoms with Crippen LogP contribution in [0.15, 0.2) is 30.3 Å². The average Bonchev–Trinajstić information content (AvgIpc) is 2.44. The zero-order chi connectivity index (χ0) is 15.6. The second-order valence-corrected chi connectivity index (χ2v) is 4.73. The number of β-lactam (4-membered cyclic amide) rings is 1. The number of carbonyl (C=O) groups is 2. The maximum Gasteiger partial charge on any atom is 0.409 e. The number of benzene rings is 1. The Morgan fingerprint density at radius 2 is 1.90 bits per heavy atom. The normalized spacial score (nSPS) is 21.9. The highest BCUT2D eigenvalue weighted by molar-refractivity contribution is 5.91. The lowest BCUT2D eigenvalue weighted by atomic mass is 9.81. The lowest BCUT2D eigenvalue weighted by molar-refractivity contribution is -0.220. The third-order valence-corrected chi connectivity index (χ3v) is 3.48. The van der Waals surface area contributed by atoms with Gasteiger partial charge in [-0.1, -0.05) is 30.3 Å². The molecule has 1 aromatic carbocycles. The highest BCUT2D eigenvalue weighted by Crippen LogP contribution is 2.44. The van der Waals surface area contributed by atoms with Gasteiger partial charge in [0, 0.05) is 6.54 Å². The van der Waals surface area contributed by atoms with Gasteiger partial charge in [0.15, 0.2) is 0 Å². The van der Waals surface area contributed by atoms with Crippen LogP contribution in [-0.4, -0.2) is 42.6 Å². The van der Waals surface area contributed by atoms with Crippen LogP contribution >= 0.6 is 0 Å². The van der Waals surface area contributed by atoms with Gasteiger partial charge in [-0.25, -0.2) is 0 Å². The number of nitrogens with zero attached hydrogens (tertiary/aromatic N) is 1. The summed E-state index contributed by atoms with van der Waals surface area (Å²) < 4.78 is 43.8. The number of amides is 1. The summed E-state index contributed by atoms with van der Waals surface area (Å²) in [6, 6.07) is 5.96. The molecule has 0 N–H and O–H groups in total. The number of hydrogen-bond acceptors (Lipinski definition) is 3. The van der Waals surface area contributed by atoms with E-state index in [0.29, 0.717) is 10.5 Å². The molecule has 1 saturated heterocycles. The summed E-state index contributed by atoms with van der Waals surface area (Å²) in [6.45, 7) is -0.293. The van der Waals surface area contributed by atoms with E-state index in [9.17, 15) is 22.8 Å². The van der Waals surface area contributed by atoms with Gasteiger partial charge < -0.3 is 9.64 Å². The van der Waals surface area contributed by atoms with E-state index in [1.54, 1.807) is 18.2 Å². The quantitative estimate of drug-likeness (QED) is 0.632. The molecular weight excluding hydrogens is 287 g/mol. The third kappa shape index (κ3) is 3.01. The molecule has 114 valence electrons. The maximum atomic E-state index is 13.2. The van der Waals surface area contributed by atoms with E-state index in [-0.39, 0.29) is 13.0 Å². The van der Waals surface area contributed by atoms with E-state index < -0.39 is 30.0 Å². The Hall–Kier alpha value is -2.05. The smallest absolute Gasteiger partial charge is 0.409 e. The minimum Gasteiger partial charge on any atom is -0.469 e. The zero-order valence-electron chi connectivity index (χ0n) is 11.3. The van der Waals surface area contributed by atoms with Crippen LogP contribution in [0.25, 0.3) is 0 Å². The molecule has 1 aliphatic rings. The van der Waals surface area contributed by atoms with E-state index in [1.165, 1.54) is 12.1 Å². The third-order valence-electron chi connectivity index (χ3n) is 3.48. The van der Waals surface area contributed by atoms with Gasteiger partial charge in [-0.3, -0.25) is 9.59 Å². The highest BCUT2D eigenvalue weighted by Gasteiger charge is 2.60. The topological polar surface area (TPSA) is 46.6 Å². The number of carbonyl (C=O) groups excluding carboxylic acids is 2. The predicted molar refractivity (Wildman–Crippen MR) is 67.4 cm³/mol.